The van der Waals surface area contributed by atoms with Crippen molar-refractivity contribution >= 4 is 0 Å². The van der Waals surface area contributed by atoms with E-state index in [1.807, 2.05) is 10.8 Å². The number of hydrogen-bond donors (Lipinski definition) is 1. The number of hydrogen-bond acceptors (Lipinski definition) is 3. The van der Waals surface area contributed by atoms with E-state index in [-0.39, 0.29) is 6.23 Å². The highest BCUT2D eigenvalue weighted by Crippen LogP contribution is 2.31. The molecule has 15 heavy (non-hydrogen) atoms. The largest absolute Gasteiger partial charge is 0.381 e. The molecular formula is C11H16N2O2. The Morgan fingerprint density at radius 1 is 1.47 bits per heavy atom. The van der Waals surface area contributed by atoms with E-state index in [0.29, 0.717) is 5.92 Å². The van der Waals surface area contributed by atoms with Crippen molar-refractivity contribution < 1.29 is 9.84 Å². The first-order chi connectivity index (χ1) is 7.36. The summed E-state index contributed by atoms with van der Waals surface area (Å²) in [4.78, 5) is 4.45. The SMILES string of the molecule is OC1CCCc2cnc(C3CCOC3)n21. The van der Waals surface area contributed by atoms with E-state index < -0.39 is 0 Å². The van der Waals surface area contributed by atoms with Crippen molar-refractivity contribution in [2.24, 2.45) is 0 Å². The lowest BCUT2D eigenvalue weighted by Crippen LogP contribution is -2.21. The molecular weight excluding hydrogens is 192 g/mol. The first kappa shape index (κ1) is 9.36. The van der Waals surface area contributed by atoms with Gasteiger partial charge in [0.05, 0.1) is 6.61 Å². The summed E-state index contributed by atoms with van der Waals surface area (Å²) in [5.74, 6) is 1.40. The standard InChI is InChI=1S/C11H16N2O2/c14-10-3-1-2-9-6-12-11(13(9)10)8-4-5-15-7-8/h6,8,10,14H,1-5,7H2. The Kier molecular flexibility index (Phi) is 2.25. The van der Waals surface area contributed by atoms with Crippen LogP contribution >= 0.6 is 0 Å². The molecule has 0 spiro atoms. The van der Waals surface area contributed by atoms with Crippen LogP contribution < -0.4 is 0 Å². The van der Waals surface area contributed by atoms with Crippen LogP contribution in [0.25, 0.3) is 0 Å². The van der Waals surface area contributed by atoms with Gasteiger partial charge in [0.1, 0.15) is 12.1 Å². The second kappa shape index (κ2) is 3.61. The average molecular weight is 208 g/mol. The molecule has 0 bridgehead atoms. The molecule has 1 N–H and O–H groups in total. The van der Waals surface area contributed by atoms with Gasteiger partial charge in [-0.05, 0) is 25.7 Å². The average Bonchev–Trinajstić information content (AvgIpc) is 2.85. The molecule has 3 rings (SSSR count). The maximum absolute atomic E-state index is 9.97. The molecule has 2 atom stereocenters. The highest BCUT2D eigenvalue weighted by molar-refractivity contribution is 5.13. The van der Waals surface area contributed by atoms with E-state index >= 15 is 0 Å². The minimum absolute atomic E-state index is 0.369. The number of ether oxygens (including phenoxy) is 1. The van der Waals surface area contributed by atoms with E-state index in [9.17, 15) is 5.11 Å². The Hall–Kier alpha value is -0.870. The summed E-state index contributed by atoms with van der Waals surface area (Å²) in [7, 11) is 0. The van der Waals surface area contributed by atoms with Crippen LogP contribution in [0.3, 0.4) is 0 Å². The van der Waals surface area contributed by atoms with E-state index in [0.717, 1.165) is 44.7 Å². The zero-order valence-electron chi connectivity index (χ0n) is 8.72. The van der Waals surface area contributed by atoms with Crippen molar-refractivity contribution in [3.8, 4) is 0 Å². The van der Waals surface area contributed by atoms with Gasteiger partial charge in [-0.15, -0.1) is 0 Å². The summed E-state index contributed by atoms with van der Waals surface area (Å²) >= 11 is 0. The molecule has 1 fully saturated rings. The number of fused-ring (bicyclic) bond motifs is 1. The van der Waals surface area contributed by atoms with Crippen molar-refractivity contribution in [1.82, 2.24) is 9.55 Å². The van der Waals surface area contributed by atoms with Gasteiger partial charge in [0.2, 0.25) is 0 Å². The molecule has 1 aromatic heterocycles. The topological polar surface area (TPSA) is 47.3 Å². The lowest BCUT2D eigenvalue weighted by atomic mass is 10.1. The van der Waals surface area contributed by atoms with Gasteiger partial charge in [-0.1, -0.05) is 0 Å². The van der Waals surface area contributed by atoms with Crippen molar-refractivity contribution in [2.45, 2.75) is 37.8 Å². The maximum atomic E-state index is 9.97. The third-order valence-electron chi connectivity index (χ3n) is 3.39. The summed E-state index contributed by atoms with van der Waals surface area (Å²) in [6, 6.07) is 0. The van der Waals surface area contributed by atoms with Crippen LogP contribution in [0.2, 0.25) is 0 Å². The molecule has 1 aromatic rings. The molecule has 0 amide bonds. The Morgan fingerprint density at radius 2 is 2.40 bits per heavy atom. The molecule has 0 saturated carbocycles. The quantitative estimate of drug-likeness (QED) is 0.754. The fourth-order valence-corrected chi connectivity index (χ4v) is 2.58. The summed E-state index contributed by atoms with van der Waals surface area (Å²) in [6.07, 6.45) is 5.53. The number of aromatic nitrogens is 2. The molecule has 0 aromatic carbocycles. The zero-order valence-corrected chi connectivity index (χ0v) is 8.72. The van der Waals surface area contributed by atoms with E-state index in [4.69, 9.17) is 4.74 Å². The molecule has 1 saturated heterocycles. The third-order valence-corrected chi connectivity index (χ3v) is 3.39. The van der Waals surface area contributed by atoms with Crippen molar-refractivity contribution in [1.29, 1.82) is 0 Å². The summed E-state index contributed by atoms with van der Waals surface area (Å²) in [5, 5.41) is 9.97. The number of imidazole rings is 1. The Bertz CT molecular complexity index is 355. The Morgan fingerprint density at radius 3 is 3.20 bits per heavy atom. The Labute approximate surface area is 88.9 Å². The normalized spacial score (nSPS) is 30.5. The van der Waals surface area contributed by atoms with Gasteiger partial charge in [0, 0.05) is 24.4 Å². The summed E-state index contributed by atoms with van der Waals surface area (Å²) in [5.41, 5.74) is 1.18. The molecule has 2 aliphatic rings. The van der Waals surface area contributed by atoms with E-state index in [2.05, 4.69) is 4.98 Å². The first-order valence-electron chi connectivity index (χ1n) is 5.68. The Balaban J connectivity index is 1.97. The van der Waals surface area contributed by atoms with Crippen LogP contribution in [-0.4, -0.2) is 27.9 Å². The molecule has 0 radical (unpaired) electrons. The predicted octanol–water partition coefficient (Wildman–Crippen LogP) is 1.21. The molecule has 4 nitrogen and oxygen atoms in total. The van der Waals surface area contributed by atoms with Gasteiger partial charge in [0.25, 0.3) is 0 Å². The van der Waals surface area contributed by atoms with E-state index in [1.54, 1.807) is 0 Å². The highest BCUT2D eigenvalue weighted by Gasteiger charge is 2.28. The highest BCUT2D eigenvalue weighted by atomic mass is 16.5. The summed E-state index contributed by atoms with van der Waals surface area (Å²) < 4.78 is 7.39. The third kappa shape index (κ3) is 1.48. The van der Waals surface area contributed by atoms with Gasteiger partial charge in [-0.3, -0.25) is 0 Å². The number of aryl methyl sites for hydroxylation is 1. The van der Waals surface area contributed by atoms with E-state index in [1.165, 1.54) is 5.69 Å². The van der Waals surface area contributed by atoms with Gasteiger partial charge in [-0.25, -0.2) is 4.98 Å². The lowest BCUT2D eigenvalue weighted by Gasteiger charge is -2.24. The smallest absolute Gasteiger partial charge is 0.132 e. The van der Waals surface area contributed by atoms with Gasteiger partial charge >= 0.3 is 0 Å². The van der Waals surface area contributed by atoms with Crippen LogP contribution in [0.5, 0.6) is 0 Å². The molecule has 4 heteroatoms. The zero-order chi connectivity index (χ0) is 10.3. The van der Waals surface area contributed by atoms with Crippen LogP contribution in [0, 0.1) is 0 Å². The van der Waals surface area contributed by atoms with Crippen LogP contribution in [-0.2, 0) is 11.2 Å². The van der Waals surface area contributed by atoms with Crippen molar-refractivity contribution in [2.75, 3.05) is 13.2 Å². The summed E-state index contributed by atoms with van der Waals surface area (Å²) in [6.45, 7) is 1.58. The number of aliphatic hydroxyl groups excluding tert-OH is 1. The molecule has 2 aliphatic heterocycles. The molecule has 0 aliphatic carbocycles. The number of aliphatic hydroxyl groups is 1. The number of nitrogens with zero attached hydrogens (tertiary/aromatic N) is 2. The van der Waals surface area contributed by atoms with Gasteiger partial charge < -0.3 is 14.4 Å². The minimum atomic E-state index is -0.369. The fraction of sp³-hybridized carbons (Fsp3) is 0.727. The van der Waals surface area contributed by atoms with Crippen molar-refractivity contribution in [3.63, 3.8) is 0 Å². The maximum Gasteiger partial charge on any atom is 0.132 e. The minimum Gasteiger partial charge on any atom is -0.381 e. The monoisotopic (exact) mass is 208 g/mol. The van der Waals surface area contributed by atoms with Crippen LogP contribution in [0.15, 0.2) is 6.20 Å². The molecule has 2 unspecified atom stereocenters. The van der Waals surface area contributed by atoms with Crippen LogP contribution in [0.1, 0.15) is 42.9 Å². The second-order valence-electron chi connectivity index (χ2n) is 4.41. The predicted molar refractivity (Wildman–Crippen MR) is 54.6 cm³/mol. The van der Waals surface area contributed by atoms with Crippen molar-refractivity contribution in [3.05, 3.63) is 17.7 Å². The molecule has 3 heterocycles. The molecule has 82 valence electrons. The van der Waals surface area contributed by atoms with Crippen LogP contribution in [0.4, 0.5) is 0 Å². The van der Waals surface area contributed by atoms with Gasteiger partial charge in [-0.2, -0.15) is 0 Å². The fourth-order valence-electron chi connectivity index (χ4n) is 2.58. The lowest BCUT2D eigenvalue weighted by molar-refractivity contribution is 0.0741. The van der Waals surface area contributed by atoms with Gasteiger partial charge in [0.15, 0.2) is 0 Å². The second-order valence-corrected chi connectivity index (χ2v) is 4.41. The number of rotatable bonds is 1. The first-order valence-corrected chi connectivity index (χ1v) is 5.68.